The maximum Gasteiger partial charge on any atom is 0.149 e. The van der Waals surface area contributed by atoms with Crippen molar-refractivity contribution < 1.29 is 4.57 Å². The minimum absolute atomic E-state index is 0.299. The Morgan fingerprint density at radius 3 is 2.50 bits per heavy atom. The van der Waals surface area contributed by atoms with Crippen LogP contribution in [0.2, 0.25) is 0 Å². The second kappa shape index (κ2) is 4.08. The molecule has 0 heterocycles. The Kier molecular flexibility index (Phi) is 3.34. The maximum absolute atomic E-state index is 12.7. The highest BCUT2D eigenvalue weighted by Crippen LogP contribution is 2.75. The van der Waals surface area contributed by atoms with Crippen molar-refractivity contribution in [2.45, 2.75) is 57.0 Å². The molecule has 3 heteroatoms. The van der Waals surface area contributed by atoms with Crippen LogP contribution in [0, 0.1) is 5.92 Å². The highest BCUT2D eigenvalue weighted by Gasteiger charge is 2.54. The third-order valence-electron chi connectivity index (χ3n) is 4.21. The van der Waals surface area contributed by atoms with Gasteiger partial charge in [-0.2, -0.15) is 0 Å². The number of fused-ring (bicyclic) bond motifs is 2. The van der Waals surface area contributed by atoms with Crippen LogP contribution in [0.25, 0.3) is 0 Å². The first-order valence-electron chi connectivity index (χ1n) is 5.88. The van der Waals surface area contributed by atoms with Gasteiger partial charge < -0.3 is 4.57 Å². The van der Waals surface area contributed by atoms with Crippen LogP contribution >= 0.6 is 26.8 Å². The molecule has 2 rings (SSSR count). The summed E-state index contributed by atoms with van der Waals surface area (Å²) in [6.45, 7) is 2.19. The van der Waals surface area contributed by atoms with Crippen LogP contribution in [0.3, 0.4) is 0 Å². The third-order valence-corrected chi connectivity index (χ3v) is 11.7. The van der Waals surface area contributed by atoms with Crippen LogP contribution in [0.4, 0.5) is 0 Å². The van der Waals surface area contributed by atoms with Gasteiger partial charge in [-0.15, -0.1) is 0 Å². The van der Waals surface area contributed by atoms with E-state index in [1.165, 1.54) is 38.5 Å². The predicted octanol–water partition coefficient (Wildman–Crippen LogP) is 4.83. The number of unbranched alkanes of at least 4 members (excludes halogenated alkanes) is 1. The lowest BCUT2D eigenvalue weighted by molar-refractivity contribution is 0.480. The summed E-state index contributed by atoms with van der Waals surface area (Å²) in [4.78, 5) is -1.88. The molecule has 0 radical (unpaired) electrons. The first-order valence-corrected chi connectivity index (χ1v) is 10.6. The van der Waals surface area contributed by atoms with E-state index in [0.717, 1.165) is 18.5 Å². The Hall–Kier alpha value is 0.960. The third kappa shape index (κ3) is 1.81. The van der Waals surface area contributed by atoms with Crippen LogP contribution in [-0.2, 0) is 4.57 Å². The lowest BCUT2D eigenvalue weighted by Crippen LogP contribution is -2.21. The van der Waals surface area contributed by atoms with Crippen molar-refractivity contribution in [3.8, 4) is 0 Å². The molecule has 82 valence electrons. The second-order valence-corrected chi connectivity index (χ2v) is 12.5. The molecule has 2 aliphatic rings. The Morgan fingerprint density at radius 2 is 2.07 bits per heavy atom. The zero-order valence-electron chi connectivity index (χ0n) is 8.97. The molecule has 1 atom stereocenters. The molecular formula is C11H20IOP. The topological polar surface area (TPSA) is 17.1 Å². The van der Waals surface area contributed by atoms with Gasteiger partial charge in [0.15, 0.2) is 0 Å². The summed E-state index contributed by atoms with van der Waals surface area (Å²) in [5, 5.41) is 0.299. The van der Waals surface area contributed by atoms with Gasteiger partial charge in [-0.1, -0.05) is 13.3 Å². The first-order chi connectivity index (χ1) is 6.60. The number of rotatable bonds is 4. The molecule has 0 aromatic rings. The number of hydrogen-bond donors (Lipinski definition) is 0. The quantitative estimate of drug-likeness (QED) is 0.534. The molecule has 2 saturated carbocycles. The Labute approximate surface area is 100 Å². The van der Waals surface area contributed by atoms with Gasteiger partial charge in [0.1, 0.15) is 4.78 Å². The van der Waals surface area contributed by atoms with Crippen molar-refractivity contribution in [3.05, 3.63) is 0 Å². The lowest BCUT2D eigenvalue weighted by Gasteiger charge is -2.32. The molecular weight excluding hydrogens is 306 g/mol. The molecule has 0 saturated heterocycles. The molecule has 2 fully saturated rings. The molecule has 0 amide bonds. The highest BCUT2D eigenvalue weighted by molar-refractivity contribution is 14.2. The van der Waals surface area contributed by atoms with Gasteiger partial charge in [0.25, 0.3) is 0 Å². The molecule has 2 aliphatic carbocycles. The summed E-state index contributed by atoms with van der Waals surface area (Å²) in [5.41, 5.74) is 0. The van der Waals surface area contributed by atoms with Gasteiger partial charge in [0, 0.05) is 11.3 Å². The zero-order valence-corrected chi connectivity index (χ0v) is 12.0. The molecule has 0 N–H and O–H groups in total. The van der Waals surface area contributed by atoms with Gasteiger partial charge in [0.05, 0.1) is 0 Å². The summed E-state index contributed by atoms with van der Waals surface area (Å²) in [6.07, 6.45) is 9.88. The average Bonchev–Trinajstić information content (AvgIpc) is 2.75. The van der Waals surface area contributed by atoms with Crippen LogP contribution in [-0.4, -0.2) is 11.3 Å². The summed E-state index contributed by atoms with van der Waals surface area (Å²) < 4.78 is 12.7. The molecule has 14 heavy (non-hydrogen) atoms. The van der Waals surface area contributed by atoms with E-state index in [9.17, 15) is 4.57 Å². The molecule has 0 spiro atoms. The normalized spacial score (nSPS) is 40.0. The number of hydrogen-bond acceptors (Lipinski definition) is 1. The summed E-state index contributed by atoms with van der Waals surface area (Å²) in [6, 6.07) is 0. The van der Waals surface area contributed by atoms with Crippen molar-refractivity contribution in [1.29, 1.82) is 0 Å². The van der Waals surface area contributed by atoms with E-state index in [1.54, 1.807) is 0 Å². The van der Waals surface area contributed by atoms with Gasteiger partial charge in [-0.3, -0.25) is 0 Å². The summed E-state index contributed by atoms with van der Waals surface area (Å²) in [5.74, 6) is 0.930. The number of halogens is 1. The maximum atomic E-state index is 12.7. The molecule has 0 aromatic heterocycles. The monoisotopic (exact) mass is 326 g/mol. The van der Waals surface area contributed by atoms with Crippen molar-refractivity contribution >= 4 is 26.8 Å². The van der Waals surface area contributed by atoms with Crippen LogP contribution in [0.1, 0.15) is 51.9 Å². The summed E-state index contributed by atoms with van der Waals surface area (Å²) >= 11 is 2.34. The largest absolute Gasteiger partial charge is 0.312 e. The van der Waals surface area contributed by atoms with E-state index in [4.69, 9.17) is 0 Å². The minimum Gasteiger partial charge on any atom is -0.312 e. The Morgan fingerprint density at radius 1 is 1.43 bits per heavy atom. The van der Waals surface area contributed by atoms with Gasteiger partial charge in [-0.05, 0) is 66.5 Å². The Balaban J connectivity index is 2.08. The van der Waals surface area contributed by atoms with Crippen molar-refractivity contribution in [2.24, 2.45) is 5.92 Å². The Bertz CT molecular complexity index is 256. The van der Waals surface area contributed by atoms with Crippen LogP contribution in [0.15, 0.2) is 0 Å². The molecule has 2 bridgehead atoms. The second-order valence-electron chi connectivity index (χ2n) is 5.10. The van der Waals surface area contributed by atoms with Crippen molar-refractivity contribution in [3.63, 3.8) is 0 Å². The van der Waals surface area contributed by atoms with E-state index in [2.05, 4.69) is 29.0 Å². The van der Waals surface area contributed by atoms with Gasteiger partial charge in [-0.25, -0.2) is 0 Å². The fraction of sp³-hybridized carbons (Fsp3) is 1.00. The van der Waals surface area contributed by atoms with Gasteiger partial charge in [0.2, 0.25) is 0 Å². The van der Waals surface area contributed by atoms with E-state index in [0.29, 0.717) is 5.16 Å². The molecule has 1 nitrogen and oxygen atoms in total. The SMILES string of the molecule is CCCCP(=O)(I)C12CCC(CC1)C2. The van der Waals surface area contributed by atoms with E-state index in [1.807, 2.05) is 0 Å². The fourth-order valence-corrected chi connectivity index (χ4v) is 8.95. The smallest absolute Gasteiger partial charge is 0.149 e. The minimum atomic E-state index is -1.88. The standard InChI is InChI=1S/C11H20IOP/c1-2-3-8-14(12,13)11-6-4-10(9-11)5-7-11/h10H,2-9H2,1H3. The van der Waals surface area contributed by atoms with Crippen LogP contribution in [0.5, 0.6) is 0 Å². The molecule has 0 aliphatic heterocycles. The molecule has 0 aromatic carbocycles. The van der Waals surface area contributed by atoms with E-state index in [-0.39, 0.29) is 0 Å². The predicted molar refractivity (Wildman–Crippen MR) is 70.7 cm³/mol. The summed E-state index contributed by atoms with van der Waals surface area (Å²) in [7, 11) is 0. The van der Waals surface area contributed by atoms with Crippen molar-refractivity contribution in [1.82, 2.24) is 0 Å². The van der Waals surface area contributed by atoms with Crippen LogP contribution < -0.4 is 0 Å². The lowest BCUT2D eigenvalue weighted by atomic mass is 10.0. The highest BCUT2D eigenvalue weighted by atomic mass is 127. The van der Waals surface area contributed by atoms with Gasteiger partial charge >= 0.3 is 0 Å². The molecule has 1 unspecified atom stereocenters. The van der Waals surface area contributed by atoms with E-state index < -0.39 is 4.78 Å². The first kappa shape index (κ1) is 11.4. The zero-order chi connectivity index (χ0) is 10.2. The van der Waals surface area contributed by atoms with Crippen molar-refractivity contribution in [2.75, 3.05) is 6.16 Å². The fourth-order valence-electron chi connectivity index (χ4n) is 3.23. The van der Waals surface area contributed by atoms with E-state index >= 15 is 0 Å². The average molecular weight is 326 g/mol.